The fraction of sp³-hybridized carbons (Fsp3) is 0.389. The smallest absolute Gasteiger partial charge is 0.0580 e. The Labute approximate surface area is 122 Å². The third-order valence-corrected chi connectivity index (χ3v) is 3.76. The summed E-state index contributed by atoms with van der Waals surface area (Å²) in [5.74, 6) is 0. The number of nitrogens with one attached hydrogen (secondary N) is 1. The van der Waals surface area contributed by atoms with Crippen LogP contribution in [0.1, 0.15) is 49.1 Å². The number of benzene rings is 1. The maximum atomic E-state index is 4.25. The Kier molecular flexibility index (Phi) is 5.31. The van der Waals surface area contributed by atoms with Crippen LogP contribution in [-0.2, 0) is 12.8 Å². The molecule has 2 rings (SSSR count). The molecule has 106 valence electrons. The van der Waals surface area contributed by atoms with Crippen LogP contribution in [0.5, 0.6) is 0 Å². The molecule has 1 aromatic carbocycles. The van der Waals surface area contributed by atoms with Crippen molar-refractivity contribution in [3.05, 3.63) is 65.0 Å². The van der Waals surface area contributed by atoms with Crippen LogP contribution in [0.4, 0.5) is 0 Å². The Morgan fingerprint density at radius 3 is 2.35 bits per heavy atom. The van der Waals surface area contributed by atoms with Gasteiger partial charge < -0.3 is 5.32 Å². The summed E-state index contributed by atoms with van der Waals surface area (Å²) < 4.78 is 0. The number of aryl methyl sites for hydroxylation is 2. The Morgan fingerprint density at radius 2 is 1.75 bits per heavy atom. The summed E-state index contributed by atoms with van der Waals surface area (Å²) in [5, 5.41) is 3.60. The third kappa shape index (κ3) is 3.26. The first kappa shape index (κ1) is 14.7. The summed E-state index contributed by atoms with van der Waals surface area (Å²) in [6.45, 7) is 7.48. The van der Waals surface area contributed by atoms with Gasteiger partial charge in [-0.25, -0.2) is 0 Å². The average molecular weight is 268 g/mol. The molecule has 0 spiro atoms. The van der Waals surface area contributed by atoms with Gasteiger partial charge in [0.1, 0.15) is 0 Å². The van der Waals surface area contributed by atoms with Crippen LogP contribution < -0.4 is 5.32 Å². The molecule has 2 nitrogen and oxygen atoms in total. The van der Waals surface area contributed by atoms with Crippen LogP contribution >= 0.6 is 0 Å². The van der Waals surface area contributed by atoms with Gasteiger partial charge in [-0.05, 0) is 47.7 Å². The van der Waals surface area contributed by atoms with Crippen molar-refractivity contribution in [1.29, 1.82) is 0 Å². The summed E-state index contributed by atoms with van der Waals surface area (Å²) in [7, 11) is 0. The maximum absolute atomic E-state index is 4.25. The summed E-state index contributed by atoms with van der Waals surface area (Å²) >= 11 is 0. The fourth-order valence-electron chi connectivity index (χ4n) is 2.57. The molecule has 0 saturated heterocycles. The predicted octanol–water partition coefficient (Wildman–Crippen LogP) is 3.91. The average Bonchev–Trinajstić information content (AvgIpc) is 2.53. The minimum absolute atomic E-state index is 0.254. The Morgan fingerprint density at radius 1 is 1.00 bits per heavy atom. The van der Waals surface area contributed by atoms with Crippen molar-refractivity contribution in [2.75, 3.05) is 6.54 Å². The molecular weight excluding hydrogens is 244 g/mol. The number of pyridine rings is 1. The van der Waals surface area contributed by atoms with Gasteiger partial charge in [-0.15, -0.1) is 0 Å². The molecule has 0 aliphatic rings. The van der Waals surface area contributed by atoms with E-state index < -0.39 is 0 Å². The van der Waals surface area contributed by atoms with Crippen LogP contribution in [-0.4, -0.2) is 11.5 Å². The summed E-state index contributed by atoms with van der Waals surface area (Å²) in [4.78, 5) is 4.25. The topological polar surface area (TPSA) is 24.9 Å². The van der Waals surface area contributed by atoms with E-state index in [0.29, 0.717) is 0 Å². The molecule has 2 aromatic rings. The van der Waals surface area contributed by atoms with Gasteiger partial charge in [0.25, 0.3) is 0 Å². The number of nitrogens with zero attached hydrogens (tertiary/aromatic N) is 1. The van der Waals surface area contributed by atoms with E-state index >= 15 is 0 Å². The van der Waals surface area contributed by atoms with Gasteiger partial charge in [0.15, 0.2) is 0 Å². The standard InChI is InChI=1S/C18H24N2/c1-4-14-7-9-16(10-8-14)18(20-6-3)17-11-12-19-13-15(17)5-2/h7-13,18,20H,4-6H2,1-3H3. The second-order valence-corrected chi connectivity index (χ2v) is 5.01. The molecule has 2 heteroatoms. The zero-order valence-corrected chi connectivity index (χ0v) is 12.7. The molecule has 0 fully saturated rings. The van der Waals surface area contributed by atoms with E-state index in [4.69, 9.17) is 0 Å². The van der Waals surface area contributed by atoms with Crippen molar-refractivity contribution in [1.82, 2.24) is 10.3 Å². The van der Waals surface area contributed by atoms with Crippen LogP contribution in [0.2, 0.25) is 0 Å². The molecule has 1 N–H and O–H groups in total. The second-order valence-electron chi connectivity index (χ2n) is 5.01. The van der Waals surface area contributed by atoms with Gasteiger partial charge >= 0.3 is 0 Å². The van der Waals surface area contributed by atoms with Crippen molar-refractivity contribution in [2.45, 2.75) is 39.7 Å². The first-order valence-electron chi connectivity index (χ1n) is 7.55. The zero-order valence-electron chi connectivity index (χ0n) is 12.7. The van der Waals surface area contributed by atoms with Gasteiger partial charge in [-0.2, -0.15) is 0 Å². The normalized spacial score (nSPS) is 12.3. The number of hydrogen-bond donors (Lipinski definition) is 1. The lowest BCUT2D eigenvalue weighted by Gasteiger charge is -2.21. The van der Waals surface area contributed by atoms with E-state index in [0.717, 1.165) is 19.4 Å². The van der Waals surface area contributed by atoms with Gasteiger partial charge in [-0.3, -0.25) is 4.98 Å². The zero-order chi connectivity index (χ0) is 14.4. The highest BCUT2D eigenvalue weighted by molar-refractivity contribution is 5.37. The summed E-state index contributed by atoms with van der Waals surface area (Å²) in [6.07, 6.45) is 5.97. The number of rotatable bonds is 6. The SMILES string of the molecule is CCNC(c1ccc(CC)cc1)c1ccncc1CC. The number of hydrogen-bond acceptors (Lipinski definition) is 2. The first-order chi connectivity index (χ1) is 9.80. The molecule has 20 heavy (non-hydrogen) atoms. The third-order valence-electron chi connectivity index (χ3n) is 3.76. The van der Waals surface area contributed by atoms with E-state index in [1.807, 2.05) is 12.4 Å². The number of aromatic nitrogens is 1. The predicted molar refractivity (Wildman–Crippen MR) is 85.0 cm³/mol. The van der Waals surface area contributed by atoms with Crippen molar-refractivity contribution in [3.8, 4) is 0 Å². The van der Waals surface area contributed by atoms with Gasteiger partial charge in [-0.1, -0.05) is 45.0 Å². The van der Waals surface area contributed by atoms with Gasteiger partial charge in [0, 0.05) is 12.4 Å². The molecule has 0 aliphatic heterocycles. The molecule has 1 heterocycles. The first-order valence-corrected chi connectivity index (χ1v) is 7.55. The van der Waals surface area contributed by atoms with E-state index in [2.05, 4.69) is 61.4 Å². The lowest BCUT2D eigenvalue weighted by molar-refractivity contribution is 0.624. The van der Waals surface area contributed by atoms with Crippen LogP contribution in [0.3, 0.4) is 0 Å². The fourth-order valence-corrected chi connectivity index (χ4v) is 2.57. The Bertz CT molecular complexity index is 531. The van der Waals surface area contributed by atoms with Crippen LogP contribution in [0.25, 0.3) is 0 Å². The Balaban J connectivity index is 2.39. The quantitative estimate of drug-likeness (QED) is 0.859. The lowest BCUT2D eigenvalue weighted by atomic mass is 9.94. The maximum Gasteiger partial charge on any atom is 0.0580 e. The summed E-state index contributed by atoms with van der Waals surface area (Å²) in [6, 6.07) is 11.3. The molecule has 0 bridgehead atoms. The molecule has 1 unspecified atom stereocenters. The van der Waals surface area contributed by atoms with E-state index in [-0.39, 0.29) is 6.04 Å². The molecular formula is C18H24N2. The van der Waals surface area contributed by atoms with Crippen molar-refractivity contribution in [3.63, 3.8) is 0 Å². The van der Waals surface area contributed by atoms with Gasteiger partial charge in [0.2, 0.25) is 0 Å². The molecule has 0 aliphatic carbocycles. The Hall–Kier alpha value is -1.67. The van der Waals surface area contributed by atoms with Crippen molar-refractivity contribution in [2.24, 2.45) is 0 Å². The van der Waals surface area contributed by atoms with Crippen molar-refractivity contribution < 1.29 is 0 Å². The van der Waals surface area contributed by atoms with Crippen LogP contribution in [0, 0.1) is 0 Å². The molecule has 0 radical (unpaired) electrons. The highest BCUT2D eigenvalue weighted by atomic mass is 14.9. The molecule has 0 amide bonds. The second kappa shape index (κ2) is 7.20. The molecule has 0 saturated carbocycles. The van der Waals surface area contributed by atoms with Gasteiger partial charge in [0.05, 0.1) is 6.04 Å². The highest BCUT2D eigenvalue weighted by Gasteiger charge is 2.15. The minimum atomic E-state index is 0.254. The largest absolute Gasteiger partial charge is 0.307 e. The highest BCUT2D eigenvalue weighted by Crippen LogP contribution is 2.25. The van der Waals surface area contributed by atoms with Crippen molar-refractivity contribution >= 4 is 0 Å². The summed E-state index contributed by atoms with van der Waals surface area (Å²) in [5.41, 5.74) is 5.37. The van der Waals surface area contributed by atoms with Crippen LogP contribution in [0.15, 0.2) is 42.7 Å². The van der Waals surface area contributed by atoms with E-state index in [9.17, 15) is 0 Å². The lowest BCUT2D eigenvalue weighted by Crippen LogP contribution is -2.23. The van der Waals surface area contributed by atoms with E-state index in [1.165, 1.54) is 22.3 Å². The van der Waals surface area contributed by atoms with E-state index in [1.54, 1.807) is 0 Å². The minimum Gasteiger partial charge on any atom is -0.307 e. The monoisotopic (exact) mass is 268 g/mol. The molecule has 1 atom stereocenters. The molecule has 1 aromatic heterocycles.